The van der Waals surface area contributed by atoms with Crippen molar-refractivity contribution < 1.29 is 14.3 Å². The maximum absolute atomic E-state index is 12.6. The van der Waals surface area contributed by atoms with Gasteiger partial charge in [-0.1, -0.05) is 6.07 Å². The fraction of sp³-hybridized carbons (Fsp3) is 0.312. The van der Waals surface area contributed by atoms with Crippen molar-refractivity contribution in [2.45, 2.75) is 18.4 Å². The first-order valence-corrected chi connectivity index (χ1v) is 8.47. The lowest BCUT2D eigenvalue weighted by Gasteiger charge is -2.14. The quantitative estimate of drug-likeness (QED) is 0.638. The van der Waals surface area contributed by atoms with E-state index in [1.54, 1.807) is 43.0 Å². The highest BCUT2D eigenvalue weighted by Crippen LogP contribution is 2.32. The number of imidazole rings is 1. The molecule has 120 valence electrons. The number of para-hydroxylation sites is 1. The molecule has 0 spiro atoms. The van der Waals surface area contributed by atoms with Gasteiger partial charge in [0.1, 0.15) is 6.33 Å². The van der Waals surface area contributed by atoms with Crippen LogP contribution in [0.5, 0.6) is 0 Å². The number of amides is 1. The van der Waals surface area contributed by atoms with Gasteiger partial charge < -0.3 is 9.64 Å². The number of hydrogen-bond donors (Lipinski definition) is 0. The van der Waals surface area contributed by atoms with Gasteiger partial charge in [0, 0.05) is 11.9 Å². The van der Waals surface area contributed by atoms with E-state index in [1.165, 1.54) is 0 Å². The SMILES string of the molecule is CCOC(=O)c1ncn2c1CN(C)C(=O)c1cccc(SC)c1-2. The molecule has 0 radical (unpaired) electrons. The molecule has 0 saturated carbocycles. The maximum atomic E-state index is 12.6. The Kier molecular flexibility index (Phi) is 4.12. The van der Waals surface area contributed by atoms with E-state index < -0.39 is 5.97 Å². The molecular formula is C16H17N3O3S. The van der Waals surface area contributed by atoms with E-state index in [0.29, 0.717) is 17.8 Å². The fourth-order valence-electron chi connectivity index (χ4n) is 2.70. The van der Waals surface area contributed by atoms with Gasteiger partial charge in [-0.3, -0.25) is 9.36 Å². The summed E-state index contributed by atoms with van der Waals surface area (Å²) >= 11 is 1.55. The van der Waals surface area contributed by atoms with Crippen LogP contribution in [0.3, 0.4) is 0 Å². The van der Waals surface area contributed by atoms with Gasteiger partial charge in [0.05, 0.1) is 30.1 Å². The van der Waals surface area contributed by atoms with E-state index in [2.05, 4.69) is 4.98 Å². The molecular weight excluding hydrogens is 314 g/mol. The average Bonchev–Trinajstić information content (AvgIpc) is 2.92. The minimum Gasteiger partial charge on any atom is -0.461 e. The van der Waals surface area contributed by atoms with E-state index in [0.717, 1.165) is 10.6 Å². The summed E-state index contributed by atoms with van der Waals surface area (Å²) in [6.45, 7) is 2.34. The van der Waals surface area contributed by atoms with Crippen LogP contribution >= 0.6 is 11.8 Å². The maximum Gasteiger partial charge on any atom is 0.358 e. The van der Waals surface area contributed by atoms with E-state index in [1.807, 2.05) is 23.0 Å². The first-order valence-electron chi connectivity index (χ1n) is 7.24. The van der Waals surface area contributed by atoms with Crippen LogP contribution in [-0.2, 0) is 11.3 Å². The second-order valence-corrected chi connectivity index (χ2v) is 6.00. The molecule has 1 aliphatic heterocycles. The highest BCUT2D eigenvalue weighted by molar-refractivity contribution is 7.98. The third kappa shape index (κ3) is 2.50. The van der Waals surface area contributed by atoms with Gasteiger partial charge in [-0.05, 0) is 25.3 Å². The summed E-state index contributed by atoms with van der Waals surface area (Å²) in [6.07, 6.45) is 3.55. The lowest BCUT2D eigenvalue weighted by Crippen LogP contribution is -2.25. The first-order chi connectivity index (χ1) is 11.1. The summed E-state index contributed by atoms with van der Waals surface area (Å²) in [5.41, 5.74) is 2.30. The Bertz CT molecular complexity index is 785. The number of rotatable bonds is 3. The molecule has 0 saturated heterocycles. The van der Waals surface area contributed by atoms with Crippen LogP contribution in [0.1, 0.15) is 33.5 Å². The van der Waals surface area contributed by atoms with Crippen molar-refractivity contribution in [1.82, 2.24) is 14.5 Å². The van der Waals surface area contributed by atoms with E-state index >= 15 is 0 Å². The van der Waals surface area contributed by atoms with Gasteiger partial charge in [0.25, 0.3) is 5.91 Å². The largest absolute Gasteiger partial charge is 0.461 e. The Morgan fingerprint density at radius 3 is 2.91 bits per heavy atom. The Labute approximate surface area is 138 Å². The average molecular weight is 331 g/mol. The molecule has 6 nitrogen and oxygen atoms in total. The highest BCUT2D eigenvalue weighted by atomic mass is 32.2. The second kappa shape index (κ2) is 6.08. The minimum atomic E-state index is -0.466. The fourth-order valence-corrected chi connectivity index (χ4v) is 3.31. The van der Waals surface area contributed by atoms with E-state index in [9.17, 15) is 9.59 Å². The smallest absolute Gasteiger partial charge is 0.358 e. The molecule has 0 N–H and O–H groups in total. The zero-order valence-corrected chi connectivity index (χ0v) is 14.0. The Hall–Kier alpha value is -2.28. The molecule has 0 aliphatic carbocycles. The Morgan fingerprint density at radius 1 is 1.43 bits per heavy atom. The zero-order chi connectivity index (χ0) is 16.6. The van der Waals surface area contributed by atoms with Crippen molar-refractivity contribution in [3.63, 3.8) is 0 Å². The number of carbonyl (C=O) groups excluding carboxylic acids is 2. The number of hydrogen-bond acceptors (Lipinski definition) is 5. The van der Waals surface area contributed by atoms with Crippen LogP contribution in [0.4, 0.5) is 0 Å². The van der Waals surface area contributed by atoms with Crippen molar-refractivity contribution in [3.05, 3.63) is 41.5 Å². The molecule has 1 amide bonds. The summed E-state index contributed by atoms with van der Waals surface area (Å²) in [4.78, 5) is 31.6. The topological polar surface area (TPSA) is 64.4 Å². The number of nitrogens with zero attached hydrogens (tertiary/aromatic N) is 3. The van der Waals surface area contributed by atoms with Gasteiger partial charge in [0.15, 0.2) is 5.69 Å². The van der Waals surface area contributed by atoms with E-state index in [-0.39, 0.29) is 18.2 Å². The number of esters is 1. The summed E-state index contributed by atoms with van der Waals surface area (Å²) in [6, 6.07) is 5.62. The summed E-state index contributed by atoms with van der Waals surface area (Å²) < 4.78 is 6.90. The van der Waals surface area contributed by atoms with Crippen molar-refractivity contribution in [2.24, 2.45) is 0 Å². The van der Waals surface area contributed by atoms with Crippen molar-refractivity contribution in [1.29, 1.82) is 0 Å². The number of fused-ring (bicyclic) bond motifs is 3. The summed E-state index contributed by atoms with van der Waals surface area (Å²) in [7, 11) is 1.72. The van der Waals surface area contributed by atoms with Gasteiger partial charge in [-0.25, -0.2) is 9.78 Å². The van der Waals surface area contributed by atoms with Crippen molar-refractivity contribution in [3.8, 4) is 5.69 Å². The molecule has 23 heavy (non-hydrogen) atoms. The van der Waals surface area contributed by atoms with Crippen LogP contribution in [0.2, 0.25) is 0 Å². The highest BCUT2D eigenvalue weighted by Gasteiger charge is 2.30. The standard InChI is InChI=1S/C16H17N3O3S/c1-4-22-16(21)13-11-8-18(2)15(20)10-6-5-7-12(23-3)14(10)19(11)9-17-13/h5-7,9H,4,8H2,1-3H3. The molecule has 3 rings (SSSR count). The Balaban J connectivity index is 2.25. The predicted octanol–water partition coefficient (Wildman–Crippen LogP) is 2.36. The summed E-state index contributed by atoms with van der Waals surface area (Å²) in [5.74, 6) is -0.540. The number of aromatic nitrogens is 2. The van der Waals surface area contributed by atoms with Crippen molar-refractivity contribution >= 4 is 23.6 Å². The van der Waals surface area contributed by atoms with Crippen LogP contribution in [0.25, 0.3) is 5.69 Å². The molecule has 1 aromatic heterocycles. The van der Waals surface area contributed by atoms with Crippen LogP contribution in [0, 0.1) is 0 Å². The molecule has 2 aromatic rings. The van der Waals surface area contributed by atoms with E-state index in [4.69, 9.17) is 4.74 Å². The zero-order valence-electron chi connectivity index (χ0n) is 13.2. The van der Waals surface area contributed by atoms with Crippen molar-refractivity contribution in [2.75, 3.05) is 19.9 Å². The molecule has 1 aromatic carbocycles. The first kappa shape index (κ1) is 15.6. The van der Waals surface area contributed by atoms with Gasteiger partial charge >= 0.3 is 5.97 Å². The normalized spacial score (nSPS) is 13.3. The minimum absolute atomic E-state index is 0.0746. The lowest BCUT2D eigenvalue weighted by atomic mass is 10.1. The second-order valence-electron chi connectivity index (χ2n) is 5.15. The number of thioether (sulfide) groups is 1. The summed E-state index contributed by atoms with van der Waals surface area (Å²) in [5, 5.41) is 0. The molecule has 0 fully saturated rings. The van der Waals surface area contributed by atoms with Crippen LogP contribution in [-0.4, -0.2) is 46.2 Å². The molecule has 7 heteroatoms. The molecule has 0 atom stereocenters. The predicted molar refractivity (Wildman–Crippen MR) is 87.1 cm³/mol. The number of ether oxygens (including phenoxy) is 1. The van der Waals surface area contributed by atoms with Crippen LogP contribution < -0.4 is 0 Å². The van der Waals surface area contributed by atoms with Gasteiger partial charge in [-0.15, -0.1) is 11.8 Å². The molecule has 0 unspecified atom stereocenters. The van der Waals surface area contributed by atoms with Gasteiger partial charge in [-0.2, -0.15) is 0 Å². The lowest BCUT2D eigenvalue weighted by molar-refractivity contribution is 0.0516. The van der Waals surface area contributed by atoms with Crippen LogP contribution in [0.15, 0.2) is 29.4 Å². The van der Waals surface area contributed by atoms with Gasteiger partial charge in [0.2, 0.25) is 0 Å². The number of carbonyl (C=O) groups is 2. The number of benzene rings is 1. The molecule has 0 bridgehead atoms. The monoisotopic (exact) mass is 331 g/mol. The molecule has 1 aliphatic rings. The molecule has 2 heterocycles. The third-order valence-corrected chi connectivity index (χ3v) is 4.53. The Morgan fingerprint density at radius 2 is 2.22 bits per heavy atom. The third-order valence-electron chi connectivity index (χ3n) is 3.76.